The van der Waals surface area contributed by atoms with E-state index in [2.05, 4.69) is 10.1 Å². The third-order valence-corrected chi connectivity index (χ3v) is 4.03. The number of allylic oxidation sites excluding steroid dienone is 1. The van der Waals surface area contributed by atoms with Gasteiger partial charge >= 0.3 is 0 Å². The van der Waals surface area contributed by atoms with Crippen molar-refractivity contribution in [3.8, 4) is 17.4 Å². The average molecular weight is 384 g/mol. The summed E-state index contributed by atoms with van der Waals surface area (Å²) in [5.74, 6) is 2.09. The van der Waals surface area contributed by atoms with Crippen molar-refractivity contribution in [2.45, 2.75) is 34.1 Å². The Balaban J connectivity index is 1.95. The van der Waals surface area contributed by atoms with Crippen LogP contribution < -0.4 is 14.2 Å². The van der Waals surface area contributed by atoms with Gasteiger partial charge in [0.2, 0.25) is 12.7 Å². The highest BCUT2D eigenvalue weighted by molar-refractivity contribution is 5.99. The van der Waals surface area contributed by atoms with E-state index >= 15 is 0 Å². The smallest absolute Gasteiger partial charge is 0.232 e. The Hall–Kier alpha value is -3.02. The standard InChI is InChI=1S/C22H28N2O4/c1-6-8-11-26-19-12-16(3)22(17(4)13-19)28-15-27-21-10-9-18(14-23-21)20(7-2)24-25-5/h6,8-10,12-14H,7,11,15H2,1-5H3/b8-6+,24-20?. The SMILES string of the molecule is C/C=C/COc1cc(C)c(OCOc2ccc(C(CC)=NOC)cn2)c(C)c1. The van der Waals surface area contributed by atoms with E-state index in [4.69, 9.17) is 19.0 Å². The molecular formula is C22H28N2O4. The first-order chi connectivity index (χ1) is 13.6. The summed E-state index contributed by atoms with van der Waals surface area (Å²) in [7, 11) is 1.53. The summed E-state index contributed by atoms with van der Waals surface area (Å²) in [6.45, 7) is 8.57. The fourth-order valence-corrected chi connectivity index (χ4v) is 2.68. The van der Waals surface area contributed by atoms with Gasteiger partial charge in [0.15, 0.2) is 0 Å². The molecule has 0 saturated carbocycles. The second-order valence-electron chi connectivity index (χ2n) is 6.13. The van der Waals surface area contributed by atoms with Crippen molar-refractivity contribution < 1.29 is 19.0 Å². The fourth-order valence-electron chi connectivity index (χ4n) is 2.68. The molecule has 0 aliphatic rings. The summed E-state index contributed by atoms with van der Waals surface area (Å²) < 4.78 is 17.1. The lowest BCUT2D eigenvalue weighted by atomic mass is 10.1. The van der Waals surface area contributed by atoms with Gasteiger partial charge in [0.05, 0.1) is 5.71 Å². The minimum absolute atomic E-state index is 0.0690. The fraction of sp³-hybridized carbons (Fsp3) is 0.364. The summed E-state index contributed by atoms with van der Waals surface area (Å²) in [6.07, 6.45) is 6.39. The Morgan fingerprint density at radius 2 is 1.86 bits per heavy atom. The Kier molecular flexibility index (Phi) is 8.34. The van der Waals surface area contributed by atoms with Crippen LogP contribution in [0.15, 0.2) is 47.8 Å². The highest BCUT2D eigenvalue weighted by Gasteiger charge is 2.08. The maximum atomic E-state index is 5.81. The van der Waals surface area contributed by atoms with Crippen LogP contribution in [0.5, 0.6) is 17.4 Å². The van der Waals surface area contributed by atoms with Gasteiger partial charge in [-0.15, -0.1) is 0 Å². The molecule has 1 aromatic carbocycles. The van der Waals surface area contributed by atoms with Crippen molar-refractivity contribution >= 4 is 5.71 Å². The van der Waals surface area contributed by atoms with Gasteiger partial charge in [-0.3, -0.25) is 0 Å². The number of aromatic nitrogens is 1. The summed E-state index contributed by atoms with van der Waals surface area (Å²) in [5.41, 5.74) is 3.72. The number of oxime groups is 1. The van der Waals surface area contributed by atoms with Crippen molar-refractivity contribution in [1.82, 2.24) is 4.98 Å². The van der Waals surface area contributed by atoms with Gasteiger partial charge in [0.1, 0.15) is 25.2 Å². The lowest BCUT2D eigenvalue weighted by Crippen LogP contribution is -2.09. The topological polar surface area (TPSA) is 62.2 Å². The van der Waals surface area contributed by atoms with Crippen molar-refractivity contribution in [2.24, 2.45) is 5.16 Å². The third-order valence-electron chi connectivity index (χ3n) is 4.03. The van der Waals surface area contributed by atoms with E-state index in [9.17, 15) is 0 Å². The van der Waals surface area contributed by atoms with Crippen LogP contribution in [0.3, 0.4) is 0 Å². The molecule has 0 bridgehead atoms. The van der Waals surface area contributed by atoms with Gasteiger partial charge in [0, 0.05) is 17.8 Å². The molecule has 0 saturated heterocycles. The lowest BCUT2D eigenvalue weighted by molar-refractivity contribution is 0.113. The summed E-state index contributed by atoms with van der Waals surface area (Å²) in [4.78, 5) is 9.14. The van der Waals surface area contributed by atoms with Gasteiger partial charge in [-0.05, 0) is 56.5 Å². The van der Waals surface area contributed by atoms with Crippen LogP contribution in [-0.4, -0.2) is 31.2 Å². The first kappa shape index (κ1) is 21.3. The molecule has 0 radical (unpaired) electrons. The predicted molar refractivity (Wildman–Crippen MR) is 110 cm³/mol. The quantitative estimate of drug-likeness (QED) is 0.254. The summed E-state index contributed by atoms with van der Waals surface area (Å²) in [6, 6.07) is 7.61. The van der Waals surface area contributed by atoms with Gasteiger partial charge in [-0.2, -0.15) is 0 Å². The normalized spacial score (nSPS) is 11.5. The Morgan fingerprint density at radius 3 is 2.43 bits per heavy atom. The second kappa shape index (κ2) is 11.0. The number of rotatable bonds is 10. The summed E-state index contributed by atoms with van der Waals surface area (Å²) >= 11 is 0. The zero-order valence-electron chi connectivity index (χ0n) is 17.2. The number of hydrogen-bond acceptors (Lipinski definition) is 6. The molecule has 0 atom stereocenters. The summed E-state index contributed by atoms with van der Waals surface area (Å²) in [5, 5.41) is 3.99. The maximum Gasteiger partial charge on any atom is 0.232 e. The number of aryl methyl sites for hydroxylation is 2. The van der Waals surface area contributed by atoms with Crippen LogP contribution in [0.4, 0.5) is 0 Å². The first-order valence-corrected chi connectivity index (χ1v) is 9.26. The van der Waals surface area contributed by atoms with Gasteiger partial charge < -0.3 is 19.0 Å². The highest BCUT2D eigenvalue weighted by Crippen LogP contribution is 2.28. The Bertz CT molecular complexity index is 791. The van der Waals surface area contributed by atoms with Crippen LogP contribution in [0.1, 0.15) is 37.0 Å². The molecule has 0 spiro atoms. The molecule has 0 amide bonds. The Morgan fingerprint density at radius 1 is 1.11 bits per heavy atom. The molecule has 2 rings (SSSR count). The zero-order chi connectivity index (χ0) is 20.4. The number of benzene rings is 1. The van der Waals surface area contributed by atoms with Gasteiger partial charge in [-0.1, -0.05) is 24.2 Å². The lowest BCUT2D eigenvalue weighted by Gasteiger charge is -2.14. The van der Waals surface area contributed by atoms with Gasteiger partial charge in [-0.25, -0.2) is 4.98 Å². The molecule has 0 aliphatic carbocycles. The van der Waals surface area contributed by atoms with Gasteiger partial charge in [0.25, 0.3) is 0 Å². The van der Waals surface area contributed by atoms with Crippen molar-refractivity contribution in [1.29, 1.82) is 0 Å². The zero-order valence-corrected chi connectivity index (χ0v) is 17.2. The third kappa shape index (κ3) is 6.01. The van der Waals surface area contributed by atoms with Crippen LogP contribution in [-0.2, 0) is 4.84 Å². The largest absolute Gasteiger partial charge is 0.490 e. The number of ether oxygens (including phenoxy) is 3. The minimum Gasteiger partial charge on any atom is -0.490 e. The van der Waals surface area contributed by atoms with E-state index in [1.807, 2.05) is 58.0 Å². The molecule has 0 unspecified atom stereocenters. The molecule has 0 N–H and O–H groups in total. The molecule has 1 aromatic heterocycles. The molecule has 150 valence electrons. The van der Waals surface area contributed by atoms with Crippen LogP contribution >= 0.6 is 0 Å². The van der Waals surface area contributed by atoms with E-state index in [-0.39, 0.29) is 6.79 Å². The van der Waals surface area contributed by atoms with Crippen molar-refractivity contribution in [3.05, 3.63) is 59.3 Å². The van der Waals surface area contributed by atoms with E-state index < -0.39 is 0 Å². The average Bonchev–Trinajstić information content (AvgIpc) is 2.69. The molecule has 6 nitrogen and oxygen atoms in total. The van der Waals surface area contributed by atoms with E-state index in [0.717, 1.165) is 40.3 Å². The molecule has 0 aliphatic heterocycles. The molecule has 2 aromatic rings. The number of hydrogen-bond donors (Lipinski definition) is 0. The van der Waals surface area contributed by atoms with E-state index in [1.54, 1.807) is 12.3 Å². The number of pyridine rings is 1. The minimum atomic E-state index is 0.0690. The predicted octanol–water partition coefficient (Wildman–Crippen LogP) is 4.83. The van der Waals surface area contributed by atoms with Crippen LogP contribution in [0.2, 0.25) is 0 Å². The van der Waals surface area contributed by atoms with E-state index in [0.29, 0.717) is 12.5 Å². The molecule has 28 heavy (non-hydrogen) atoms. The van der Waals surface area contributed by atoms with Crippen molar-refractivity contribution in [3.63, 3.8) is 0 Å². The molecule has 1 heterocycles. The molecular weight excluding hydrogens is 356 g/mol. The molecule has 0 fully saturated rings. The highest BCUT2D eigenvalue weighted by atomic mass is 16.7. The maximum absolute atomic E-state index is 5.81. The number of nitrogens with zero attached hydrogens (tertiary/aromatic N) is 2. The van der Waals surface area contributed by atoms with Crippen molar-refractivity contribution in [2.75, 3.05) is 20.5 Å². The van der Waals surface area contributed by atoms with E-state index in [1.165, 1.54) is 7.11 Å². The first-order valence-electron chi connectivity index (χ1n) is 9.26. The van der Waals surface area contributed by atoms with Crippen LogP contribution in [0, 0.1) is 13.8 Å². The second-order valence-corrected chi connectivity index (χ2v) is 6.13. The Labute approximate surface area is 166 Å². The van der Waals surface area contributed by atoms with Crippen LogP contribution in [0.25, 0.3) is 0 Å². The monoisotopic (exact) mass is 384 g/mol. The molecule has 6 heteroatoms.